The van der Waals surface area contributed by atoms with Crippen molar-refractivity contribution in [2.24, 2.45) is 0 Å². The Hall–Kier alpha value is -2.16. The van der Waals surface area contributed by atoms with Crippen LogP contribution in [0.2, 0.25) is 0 Å². The molecule has 1 unspecified atom stereocenters. The van der Waals surface area contributed by atoms with Gasteiger partial charge in [0, 0.05) is 62.6 Å². The lowest BCUT2D eigenvalue weighted by Gasteiger charge is -2.37. The van der Waals surface area contributed by atoms with Crippen molar-refractivity contribution in [2.75, 3.05) is 50.7 Å². The zero-order chi connectivity index (χ0) is 21.5. The van der Waals surface area contributed by atoms with Crippen LogP contribution in [-0.4, -0.2) is 81.6 Å². The minimum Gasteiger partial charge on any atom is -0.354 e. The first-order chi connectivity index (χ1) is 15.8. The molecule has 3 aliphatic rings. The first-order valence-electron chi connectivity index (χ1n) is 12.1. The fourth-order valence-corrected chi connectivity index (χ4v) is 6.83. The van der Waals surface area contributed by atoms with Crippen LogP contribution in [0.4, 0.5) is 5.82 Å². The number of anilines is 1. The highest BCUT2D eigenvalue weighted by atomic mass is 32.1. The number of hydrogen-bond acceptors (Lipinski definition) is 8. The molecule has 32 heavy (non-hydrogen) atoms. The summed E-state index contributed by atoms with van der Waals surface area (Å²) in [7, 11) is 0. The van der Waals surface area contributed by atoms with Gasteiger partial charge in [0.2, 0.25) is 0 Å². The third-order valence-corrected chi connectivity index (χ3v) is 8.61. The van der Waals surface area contributed by atoms with Gasteiger partial charge in [-0.05, 0) is 44.2 Å². The molecule has 0 amide bonds. The number of rotatable bonds is 4. The van der Waals surface area contributed by atoms with Crippen LogP contribution >= 0.6 is 11.3 Å². The van der Waals surface area contributed by atoms with Gasteiger partial charge in [-0.25, -0.2) is 15.0 Å². The zero-order valence-corrected chi connectivity index (χ0v) is 19.6. The first-order valence-corrected chi connectivity index (χ1v) is 12.9. The summed E-state index contributed by atoms with van der Waals surface area (Å²) in [5, 5.41) is 1.31. The second kappa shape index (κ2) is 8.65. The standard InChI is InChI=1S/C24H31N7S/c1-2-29-11-13-30(14-12-29)17-7-10-31(16-17)23-21-18-5-3-4-6-20(18)32-24(21)28-22(27-23)19-15-25-8-9-26-19/h8-9,15,17H,2-7,10-14,16H2,1H3. The van der Waals surface area contributed by atoms with E-state index in [1.165, 1.54) is 67.7 Å². The number of aryl methyl sites for hydroxylation is 2. The molecule has 0 aromatic carbocycles. The molecule has 0 radical (unpaired) electrons. The summed E-state index contributed by atoms with van der Waals surface area (Å²) in [6.45, 7) is 10.3. The number of nitrogens with zero attached hydrogens (tertiary/aromatic N) is 7. The minimum absolute atomic E-state index is 0.619. The molecule has 7 nitrogen and oxygen atoms in total. The molecule has 3 aromatic rings. The van der Waals surface area contributed by atoms with Crippen LogP contribution in [0, 0.1) is 0 Å². The maximum absolute atomic E-state index is 5.13. The topological polar surface area (TPSA) is 61.3 Å². The minimum atomic E-state index is 0.619. The van der Waals surface area contributed by atoms with E-state index in [1.54, 1.807) is 18.6 Å². The smallest absolute Gasteiger partial charge is 0.183 e. The average molecular weight is 450 g/mol. The molecule has 0 spiro atoms. The Kier molecular flexibility index (Phi) is 5.53. The van der Waals surface area contributed by atoms with Crippen molar-refractivity contribution in [1.82, 2.24) is 29.7 Å². The second-order valence-electron chi connectivity index (χ2n) is 9.21. The van der Waals surface area contributed by atoms with Crippen LogP contribution < -0.4 is 4.90 Å². The molecule has 8 heteroatoms. The van der Waals surface area contributed by atoms with E-state index in [1.807, 2.05) is 11.3 Å². The van der Waals surface area contributed by atoms with Gasteiger partial charge in [0.15, 0.2) is 5.82 Å². The third-order valence-electron chi connectivity index (χ3n) is 7.42. The quantitative estimate of drug-likeness (QED) is 0.606. The van der Waals surface area contributed by atoms with Crippen LogP contribution in [0.15, 0.2) is 18.6 Å². The van der Waals surface area contributed by atoms with E-state index < -0.39 is 0 Å². The normalized spacial score (nSPS) is 22.5. The van der Waals surface area contributed by atoms with Crippen molar-refractivity contribution in [3.63, 3.8) is 0 Å². The monoisotopic (exact) mass is 449 g/mol. The summed E-state index contributed by atoms with van der Waals surface area (Å²) in [6, 6.07) is 0.619. The van der Waals surface area contributed by atoms with E-state index in [-0.39, 0.29) is 0 Å². The molecule has 2 fully saturated rings. The van der Waals surface area contributed by atoms with E-state index in [0.717, 1.165) is 42.4 Å². The molecule has 1 atom stereocenters. The Bertz CT molecular complexity index is 1090. The SMILES string of the molecule is CCN1CCN(C2CCN(c3nc(-c4cnccn4)nc4sc5c(c34)CCCC5)C2)CC1. The van der Waals surface area contributed by atoms with Gasteiger partial charge in [-0.3, -0.25) is 9.88 Å². The predicted octanol–water partition coefficient (Wildman–Crippen LogP) is 3.24. The lowest BCUT2D eigenvalue weighted by atomic mass is 9.97. The van der Waals surface area contributed by atoms with Crippen molar-refractivity contribution in [3.8, 4) is 11.5 Å². The van der Waals surface area contributed by atoms with Gasteiger partial charge in [0.05, 0.1) is 11.6 Å². The summed E-state index contributed by atoms with van der Waals surface area (Å²) < 4.78 is 0. The van der Waals surface area contributed by atoms with Gasteiger partial charge in [-0.15, -0.1) is 11.3 Å². The number of piperazine rings is 1. The van der Waals surface area contributed by atoms with Gasteiger partial charge < -0.3 is 9.80 Å². The number of hydrogen-bond donors (Lipinski definition) is 0. The van der Waals surface area contributed by atoms with Crippen LogP contribution in [0.1, 0.15) is 36.6 Å². The Morgan fingerprint density at radius 2 is 1.91 bits per heavy atom. The third kappa shape index (κ3) is 3.68. The predicted molar refractivity (Wildman–Crippen MR) is 129 cm³/mol. The maximum atomic E-state index is 5.13. The van der Waals surface area contributed by atoms with Gasteiger partial charge >= 0.3 is 0 Å². The van der Waals surface area contributed by atoms with Crippen molar-refractivity contribution >= 4 is 27.4 Å². The number of aromatic nitrogens is 4. The molecular formula is C24H31N7S. The maximum Gasteiger partial charge on any atom is 0.183 e. The molecule has 6 rings (SSSR count). The Balaban J connectivity index is 1.35. The lowest BCUT2D eigenvalue weighted by molar-refractivity contribution is 0.107. The molecule has 5 heterocycles. The van der Waals surface area contributed by atoms with Gasteiger partial charge in [-0.1, -0.05) is 6.92 Å². The highest BCUT2D eigenvalue weighted by molar-refractivity contribution is 7.19. The van der Waals surface area contributed by atoms with Crippen LogP contribution in [0.5, 0.6) is 0 Å². The summed E-state index contributed by atoms with van der Waals surface area (Å²) in [6.07, 6.45) is 11.3. The van der Waals surface area contributed by atoms with E-state index >= 15 is 0 Å². The summed E-state index contributed by atoms with van der Waals surface area (Å²) in [4.78, 5) is 29.3. The Morgan fingerprint density at radius 1 is 1.03 bits per heavy atom. The molecular weight excluding hydrogens is 418 g/mol. The van der Waals surface area contributed by atoms with Crippen LogP contribution in [-0.2, 0) is 12.8 Å². The number of thiophene rings is 1. The lowest BCUT2D eigenvalue weighted by Crippen LogP contribution is -2.50. The molecule has 1 aliphatic carbocycles. The van der Waals surface area contributed by atoms with Crippen molar-refractivity contribution in [1.29, 1.82) is 0 Å². The highest BCUT2D eigenvalue weighted by Gasteiger charge is 2.33. The summed E-state index contributed by atoms with van der Waals surface area (Å²) >= 11 is 1.87. The molecule has 3 aromatic heterocycles. The van der Waals surface area contributed by atoms with Crippen molar-refractivity contribution in [3.05, 3.63) is 29.0 Å². The first kappa shape index (κ1) is 20.4. The number of likely N-dealkylation sites (N-methyl/N-ethyl adjacent to an activating group) is 1. The molecule has 2 aliphatic heterocycles. The van der Waals surface area contributed by atoms with Crippen LogP contribution in [0.25, 0.3) is 21.7 Å². The van der Waals surface area contributed by atoms with E-state index in [2.05, 4.69) is 31.6 Å². The summed E-state index contributed by atoms with van der Waals surface area (Å²) in [5.41, 5.74) is 2.27. The zero-order valence-electron chi connectivity index (χ0n) is 18.8. The largest absolute Gasteiger partial charge is 0.354 e. The molecule has 2 saturated heterocycles. The summed E-state index contributed by atoms with van der Waals surface area (Å²) in [5.74, 6) is 1.84. The van der Waals surface area contributed by atoms with Crippen molar-refractivity contribution in [2.45, 2.75) is 45.1 Å². The Labute approximate surface area is 193 Å². The highest BCUT2D eigenvalue weighted by Crippen LogP contribution is 2.41. The fraction of sp³-hybridized carbons (Fsp3) is 0.583. The van der Waals surface area contributed by atoms with Gasteiger partial charge in [-0.2, -0.15) is 0 Å². The molecule has 0 N–H and O–H groups in total. The van der Waals surface area contributed by atoms with Gasteiger partial charge in [0.1, 0.15) is 16.3 Å². The molecule has 0 bridgehead atoms. The van der Waals surface area contributed by atoms with E-state index in [0.29, 0.717) is 11.9 Å². The van der Waals surface area contributed by atoms with Crippen molar-refractivity contribution < 1.29 is 0 Å². The number of fused-ring (bicyclic) bond motifs is 3. The van der Waals surface area contributed by atoms with Crippen LogP contribution in [0.3, 0.4) is 0 Å². The average Bonchev–Trinajstić information content (AvgIpc) is 3.49. The fourth-order valence-electron chi connectivity index (χ4n) is 5.57. The van der Waals surface area contributed by atoms with Gasteiger partial charge in [0.25, 0.3) is 0 Å². The molecule has 0 saturated carbocycles. The Morgan fingerprint density at radius 3 is 2.72 bits per heavy atom. The van der Waals surface area contributed by atoms with E-state index in [4.69, 9.17) is 9.97 Å². The molecule has 168 valence electrons. The second-order valence-corrected chi connectivity index (χ2v) is 10.3. The van der Waals surface area contributed by atoms with E-state index in [9.17, 15) is 0 Å².